The van der Waals surface area contributed by atoms with Crippen LogP contribution in [0.5, 0.6) is 0 Å². The van der Waals surface area contributed by atoms with Gasteiger partial charge in [-0.3, -0.25) is 5.10 Å². The first kappa shape index (κ1) is 14.4. The topological polar surface area (TPSA) is 56.8 Å². The van der Waals surface area contributed by atoms with E-state index in [1.165, 1.54) is 37.9 Å². The first-order chi connectivity index (χ1) is 10.3. The lowest BCUT2D eigenvalue weighted by molar-refractivity contribution is 0.226. The Morgan fingerprint density at radius 1 is 1.29 bits per heavy atom. The number of rotatable bonds is 5. The van der Waals surface area contributed by atoms with Crippen LogP contribution < -0.4 is 5.32 Å². The molecule has 2 N–H and O–H groups in total. The monoisotopic (exact) mass is 303 g/mol. The van der Waals surface area contributed by atoms with Crippen LogP contribution in [0, 0.1) is 5.92 Å². The predicted molar refractivity (Wildman–Crippen MR) is 85.7 cm³/mol. The molecular weight excluding hydrogens is 282 g/mol. The van der Waals surface area contributed by atoms with Crippen LogP contribution in [0.25, 0.3) is 0 Å². The quantitative estimate of drug-likeness (QED) is 0.889. The highest BCUT2D eigenvalue weighted by Crippen LogP contribution is 2.25. The molecule has 1 saturated heterocycles. The van der Waals surface area contributed by atoms with Crippen LogP contribution in [0.4, 0.5) is 5.69 Å². The Balaban J connectivity index is 1.48. The Hall–Kier alpha value is -1.53. The number of piperidine rings is 1. The maximum Gasteiger partial charge on any atom is 0.188 e. The number of nitrogens with zero attached hydrogens (tertiary/aromatic N) is 3. The summed E-state index contributed by atoms with van der Waals surface area (Å²) in [7, 11) is 2.20. The van der Waals surface area contributed by atoms with E-state index in [0.717, 1.165) is 22.5 Å². The van der Waals surface area contributed by atoms with E-state index in [1.807, 2.05) is 0 Å². The molecule has 1 fully saturated rings. The van der Waals surface area contributed by atoms with Gasteiger partial charge in [-0.05, 0) is 63.2 Å². The molecule has 0 aliphatic carbocycles. The summed E-state index contributed by atoms with van der Waals surface area (Å²) in [5.74, 6) is 0.796. The number of H-pyrrole nitrogens is 1. The number of likely N-dealkylation sites (tertiary alicyclic amines) is 1. The summed E-state index contributed by atoms with van der Waals surface area (Å²) >= 11 is 1.59. The van der Waals surface area contributed by atoms with Gasteiger partial charge < -0.3 is 10.2 Å². The van der Waals surface area contributed by atoms with Gasteiger partial charge in [0.25, 0.3) is 0 Å². The molecule has 1 aromatic carbocycles. The first-order valence-electron chi connectivity index (χ1n) is 7.35. The van der Waals surface area contributed by atoms with Crippen molar-refractivity contribution in [3.63, 3.8) is 0 Å². The van der Waals surface area contributed by atoms with Crippen molar-refractivity contribution in [1.82, 2.24) is 20.1 Å². The largest absolute Gasteiger partial charge is 0.385 e. The number of anilines is 1. The number of hydrogen-bond acceptors (Lipinski definition) is 5. The summed E-state index contributed by atoms with van der Waals surface area (Å²) in [6.07, 6.45) is 4.12. The molecule has 0 atom stereocenters. The standard InChI is InChI=1S/C15H21N5S/c1-20-8-6-12(7-9-20)10-16-13-2-4-14(5-3-13)21-15-17-11-18-19-15/h2-5,11-12,16H,6-10H2,1H3,(H,17,18,19). The van der Waals surface area contributed by atoms with Gasteiger partial charge in [0.1, 0.15) is 6.33 Å². The third-order valence-electron chi connectivity index (χ3n) is 3.89. The molecule has 112 valence electrons. The lowest BCUT2D eigenvalue weighted by Gasteiger charge is -2.29. The van der Waals surface area contributed by atoms with E-state index in [9.17, 15) is 0 Å². The number of nitrogens with one attached hydrogen (secondary N) is 2. The van der Waals surface area contributed by atoms with Crippen LogP contribution in [0.1, 0.15) is 12.8 Å². The predicted octanol–water partition coefficient (Wildman–Crippen LogP) is 2.71. The number of aromatic amines is 1. The van der Waals surface area contributed by atoms with Crippen molar-refractivity contribution in [3.8, 4) is 0 Å². The fourth-order valence-electron chi connectivity index (χ4n) is 2.52. The normalized spacial score (nSPS) is 17.0. The van der Waals surface area contributed by atoms with Crippen molar-refractivity contribution < 1.29 is 0 Å². The zero-order valence-electron chi connectivity index (χ0n) is 12.2. The van der Waals surface area contributed by atoms with Gasteiger partial charge in [0.05, 0.1) is 0 Å². The molecule has 0 unspecified atom stereocenters. The smallest absolute Gasteiger partial charge is 0.188 e. The van der Waals surface area contributed by atoms with Crippen molar-refractivity contribution in [2.75, 3.05) is 32.0 Å². The van der Waals surface area contributed by atoms with Crippen LogP contribution in [0.15, 0.2) is 40.6 Å². The first-order valence-corrected chi connectivity index (χ1v) is 8.17. The van der Waals surface area contributed by atoms with Gasteiger partial charge in [-0.2, -0.15) is 5.10 Å². The summed E-state index contributed by atoms with van der Waals surface area (Å²) in [5, 5.41) is 11.1. The van der Waals surface area contributed by atoms with E-state index >= 15 is 0 Å². The minimum absolute atomic E-state index is 0.796. The molecule has 1 aromatic heterocycles. The van der Waals surface area contributed by atoms with E-state index < -0.39 is 0 Å². The van der Waals surface area contributed by atoms with Gasteiger partial charge in [0.2, 0.25) is 0 Å². The summed E-state index contributed by atoms with van der Waals surface area (Å²) in [6, 6.07) is 8.50. The number of aromatic nitrogens is 3. The maximum atomic E-state index is 4.11. The lowest BCUT2D eigenvalue weighted by Crippen LogP contribution is -2.32. The van der Waals surface area contributed by atoms with Gasteiger partial charge in [-0.15, -0.1) is 0 Å². The van der Waals surface area contributed by atoms with E-state index in [4.69, 9.17) is 0 Å². The van der Waals surface area contributed by atoms with E-state index in [1.54, 1.807) is 11.8 Å². The van der Waals surface area contributed by atoms with Gasteiger partial charge in [0, 0.05) is 17.1 Å². The highest BCUT2D eigenvalue weighted by Gasteiger charge is 2.16. The fraction of sp³-hybridized carbons (Fsp3) is 0.467. The molecule has 1 aliphatic heterocycles. The molecule has 0 saturated carbocycles. The fourth-order valence-corrected chi connectivity index (χ4v) is 3.22. The van der Waals surface area contributed by atoms with Gasteiger partial charge >= 0.3 is 0 Å². The second-order valence-electron chi connectivity index (χ2n) is 5.54. The minimum atomic E-state index is 0.796. The minimum Gasteiger partial charge on any atom is -0.385 e. The number of benzene rings is 1. The van der Waals surface area contributed by atoms with Crippen molar-refractivity contribution in [2.24, 2.45) is 5.92 Å². The molecule has 21 heavy (non-hydrogen) atoms. The molecule has 2 heterocycles. The van der Waals surface area contributed by atoms with Crippen LogP contribution in [-0.4, -0.2) is 46.8 Å². The Bertz CT molecular complexity index is 532. The van der Waals surface area contributed by atoms with Crippen molar-refractivity contribution in [3.05, 3.63) is 30.6 Å². The average Bonchev–Trinajstić information content (AvgIpc) is 3.01. The molecule has 0 bridgehead atoms. The van der Waals surface area contributed by atoms with E-state index in [-0.39, 0.29) is 0 Å². The maximum absolute atomic E-state index is 4.11. The number of hydrogen-bond donors (Lipinski definition) is 2. The molecule has 2 aromatic rings. The average molecular weight is 303 g/mol. The van der Waals surface area contributed by atoms with Crippen molar-refractivity contribution in [2.45, 2.75) is 22.9 Å². The highest BCUT2D eigenvalue weighted by molar-refractivity contribution is 7.99. The second-order valence-corrected chi connectivity index (χ2v) is 6.61. The molecular formula is C15H21N5S. The summed E-state index contributed by atoms with van der Waals surface area (Å²) < 4.78 is 0. The molecule has 1 aliphatic rings. The molecule has 0 spiro atoms. The van der Waals surface area contributed by atoms with Crippen LogP contribution in [0.3, 0.4) is 0 Å². The Morgan fingerprint density at radius 3 is 2.71 bits per heavy atom. The molecule has 0 radical (unpaired) electrons. The molecule has 5 nitrogen and oxygen atoms in total. The molecule has 3 rings (SSSR count). The summed E-state index contributed by atoms with van der Waals surface area (Å²) in [5.41, 5.74) is 1.19. The van der Waals surface area contributed by atoms with E-state index in [0.29, 0.717) is 0 Å². The summed E-state index contributed by atoms with van der Waals surface area (Å²) in [4.78, 5) is 7.69. The lowest BCUT2D eigenvalue weighted by atomic mass is 9.97. The SMILES string of the molecule is CN1CCC(CNc2ccc(Sc3ncn[nH]3)cc2)CC1. The Labute approximate surface area is 129 Å². The van der Waals surface area contributed by atoms with Crippen LogP contribution in [-0.2, 0) is 0 Å². The van der Waals surface area contributed by atoms with Gasteiger partial charge in [-0.25, -0.2) is 4.98 Å². The molecule has 0 amide bonds. The third-order valence-corrected chi connectivity index (χ3v) is 4.79. The summed E-state index contributed by atoms with van der Waals surface area (Å²) in [6.45, 7) is 3.51. The highest BCUT2D eigenvalue weighted by atomic mass is 32.2. The van der Waals surface area contributed by atoms with Crippen LogP contribution in [0.2, 0.25) is 0 Å². The van der Waals surface area contributed by atoms with Crippen molar-refractivity contribution in [1.29, 1.82) is 0 Å². The zero-order chi connectivity index (χ0) is 14.5. The Morgan fingerprint density at radius 2 is 2.05 bits per heavy atom. The Kier molecular flexibility index (Phi) is 4.77. The zero-order valence-corrected chi connectivity index (χ0v) is 13.1. The van der Waals surface area contributed by atoms with Crippen LogP contribution >= 0.6 is 11.8 Å². The second kappa shape index (κ2) is 6.95. The molecule has 6 heteroatoms. The van der Waals surface area contributed by atoms with Gasteiger partial charge in [0.15, 0.2) is 5.16 Å². The third kappa shape index (κ3) is 4.22. The van der Waals surface area contributed by atoms with E-state index in [2.05, 4.69) is 56.7 Å². The van der Waals surface area contributed by atoms with Crippen molar-refractivity contribution >= 4 is 17.4 Å². The van der Waals surface area contributed by atoms with Gasteiger partial charge in [-0.1, -0.05) is 11.8 Å².